The number of aliphatic hydroxyl groups excluding tert-OH is 1. The van der Waals surface area contributed by atoms with Crippen LogP contribution in [0, 0.1) is 5.92 Å². The molecule has 2 unspecified atom stereocenters. The molecule has 2 aliphatic rings. The number of hydrogen-bond donors (Lipinski definition) is 2. The van der Waals surface area contributed by atoms with Crippen molar-refractivity contribution >= 4 is 0 Å². The van der Waals surface area contributed by atoms with Crippen LogP contribution in [0.15, 0.2) is 0 Å². The first-order valence-corrected chi connectivity index (χ1v) is 8.22. The van der Waals surface area contributed by atoms with Gasteiger partial charge in [-0.25, -0.2) is 0 Å². The molecule has 0 aliphatic heterocycles. The van der Waals surface area contributed by atoms with Gasteiger partial charge in [0.15, 0.2) is 0 Å². The minimum absolute atomic E-state index is 0.0349. The summed E-state index contributed by atoms with van der Waals surface area (Å²) in [7, 11) is 1.99. The van der Waals surface area contributed by atoms with E-state index in [1.54, 1.807) is 0 Å². The highest BCUT2D eigenvalue weighted by molar-refractivity contribution is 4.97. The summed E-state index contributed by atoms with van der Waals surface area (Å²) < 4.78 is 6.10. The second-order valence-electron chi connectivity index (χ2n) is 6.43. The van der Waals surface area contributed by atoms with Gasteiger partial charge in [0.2, 0.25) is 0 Å². The Morgan fingerprint density at radius 3 is 2.47 bits per heavy atom. The Morgan fingerprint density at radius 1 is 1.11 bits per heavy atom. The largest absolute Gasteiger partial charge is 0.394 e. The van der Waals surface area contributed by atoms with Gasteiger partial charge in [0.05, 0.1) is 12.7 Å². The van der Waals surface area contributed by atoms with Gasteiger partial charge in [-0.15, -0.1) is 0 Å². The molecule has 0 saturated heterocycles. The minimum atomic E-state index is -0.0349. The Balaban J connectivity index is 1.72. The molecule has 2 aliphatic carbocycles. The summed E-state index contributed by atoms with van der Waals surface area (Å²) in [5.41, 5.74) is -0.0349. The van der Waals surface area contributed by atoms with Crippen LogP contribution in [0.1, 0.15) is 64.2 Å². The van der Waals surface area contributed by atoms with Crippen molar-refractivity contribution in [2.75, 3.05) is 20.3 Å². The van der Waals surface area contributed by atoms with Gasteiger partial charge in [-0.2, -0.15) is 0 Å². The smallest absolute Gasteiger partial charge is 0.0615 e. The molecule has 19 heavy (non-hydrogen) atoms. The maximum absolute atomic E-state index is 9.67. The second-order valence-corrected chi connectivity index (χ2v) is 6.43. The lowest BCUT2D eigenvalue weighted by Crippen LogP contribution is -2.49. The molecule has 0 aromatic carbocycles. The number of likely N-dealkylation sites (N-methyl/N-ethyl adjacent to an activating group) is 1. The summed E-state index contributed by atoms with van der Waals surface area (Å²) in [5, 5.41) is 13.0. The van der Waals surface area contributed by atoms with Crippen LogP contribution >= 0.6 is 0 Å². The molecular weight excluding hydrogens is 238 g/mol. The summed E-state index contributed by atoms with van der Waals surface area (Å²) in [6, 6.07) is 0. The molecular formula is C16H31NO2. The third-order valence-corrected chi connectivity index (χ3v) is 5.36. The van der Waals surface area contributed by atoms with Crippen LogP contribution in [0.5, 0.6) is 0 Å². The lowest BCUT2D eigenvalue weighted by Gasteiger charge is -2.34. The molecule has 2 rings (SSSR count). The fraction of sp³-hybridized carbons (Fsp3) is 1.00. The minimum Gasteiger partial charge on any atom is -0.394 e. The molecule has 0 amide bonds. The topological polar surface area (TPSA) is 41.5 Å². The monoisotopic (exact) mass is 269 g/mol. The Kier molecular flexibility index (Phi) is 6.11. The first-order valence-electron chi connectivity index (χ1n) is 8.22. The van der Waals surface area contributed by atoms with E-state index in [9.17, 15) is 5.11 Å². The van der Waals surface area contributed by atoms with E-state index in [1.165, 1.54) is 51.4 Å². The van der Waals surface area contributed by atoms with Gasteiger partial charge >= 0.3 is 0 Å². The summed E-state index contributed by atoms with van der Waals surface area (Å²) in [6.07, 6.45) is 13.1. The summed E-state index contributed by atoms with van der Waals surface area (Å²) >= 11 is 0. The van der Waals surface area contributed by atoms with Crippen LogP contribution in [0.2, 0.25) is 0 Å². The Bertz CT molecular complexity index is 245. The van der Waals surface area contributed by atoms with Crippen molar-refractivity contribution in [1.82, 2.24) is 5.32 Å². The van der Waals surface area contributed by atoms with Crippen LogP contribution in [0.3, 0.4) is 0 Å². The summed E-state index contributed by atoms with van der Waals surface area (Å²) in [5.74, 6) is 0.577. The number of nitrogens with one attached hydrogen (secondary N) is 1. The number of hydrogen-bond acceptors (Lipinski definition) is 3. The van der Waals surface area contributed by atoms with Crippen LogP contribution in [-0.4, -0.2) is 37.0 Å². The fourth-order valence-corrected chi connectivity index (χ4v) is 3.97. The normalized spacial score (nSPS) is 33.5. The van der Waals surface area contributed by atoms with E-state index in [0.717, 1.165) is 19.4 Å². The third kappa shape index (κ3) is 3.93. The van der Waals surface area contributed by atoms with Gasteiger partial charge in [0.25, 0.3) is 0 Å². The average Bonchev–Trinajstić information content (AvgIpc) is 2.66. The maximum atomic E-state index is 9.67. The van der Waals surface area contributed by atoms with Crippen LogP contribution < -0.4 is 5.32 Å². The van der Waals surface area contributed by atoms with Gasteiger partial charge in [0, 0.05) is 12.1 Å². The molecule has 2 fully saturated rings. The highest BCUT2D eigenvalue weighted by atomic mass is 16.5. The molecule has 0 heterocycles. The van der Waals surface area contributed by atoms with E-state index in [1.807, 2.05) is 7.05 Å². The van der Waals surface area contributed by atoms with Gasteiger partial charge < -0.3 is 15.2 Å². The molecule has 3 nitrogen and oxygen atoms in total. The number of ether oxygens (including phenoxy) is 1. The van der Waals surface area contributed by atoms with Crippen LogP contribution in [0.25, 0.3) is 0 Å². The summed E-state index contributed by atoms with van der Waals surface area (Å²) in [4.78, 5) is 0. The fourth-order valence-electron chi connectivity index (χ4n) is 3.97. The Labute approximate surface area is 118 Å². The highest BCUT2D eigenvalue weighted by Gasteiger charge is 2.40. The molecule has 0 aromatic heterocycles. The van der Waals surface area contributed by atoms with E-state index in [0.29, 0.717) is 12.0 Å². The zero-order chi connectivity index (χ0) is 13.6. The quantitative estimate of drug-likeness (QED) is 0.729. The predicted molar refractivity (Wildman–Crippen MR) is 78.3 cm³/mol. The van der Waals surface area contributed by atoms with E-state index in [2.05, 4.69) is 5.32 Å². The van der Waals surface area contributed by atoms with Gasteiger partial charge in [-0.05, 0) is 45.1 Å². The molecule has 2 saturated carbocycles. The molecule has 2 atom stereocenters. The van der Waals surface area contributed by atoms with Crippen molar-refractivity contribution in [3.05, 3.63) is 0 Å². The zero-order valence-corrected chi connectivity index (χ0v) is 12.5. The molecule has 112 valence electrons. The first kappa shape index (κ1) is 15.3. The van der Waals surface area contributed by atoms with Crippen molar-refractivity contribution in [3.8, 4) is 0 Å². The number of aliphatic hydroxyl groups is 1. The molecule has 0 spiro atoms. The highest BCUT2D eigenvalue weighted by Crippen LogP contribution is 2.37. The standard InChI is InChI=1S/C16H31NO2/c1-17-16(13-18)11-6-7-14(16)10-12-19-15-8-4-2-3-5-9-15/h14-15,17-18H,2-13H2,1H3. The lowest BCUT2D eigenvalue weighted by atomic mass is 9.85. The Morgan fingerprint density at radius 2 is 1.84 bits per heavy atom. The Hall–Kier alpha value is -0.120. The van der Waals surface area contributed by atoms with Gasteiger partial charge in [-0.3, -0.25) is 0 Å². The van der Waals surface area contributed by atoms with Crippen molar-refractivity contribution in [2.24, 2.45) is 5.92 Å². The SMILES string of the molecule is CNC1(CO)CCCC1CCOC1CCCCCC1. The lowest BCUT2D eigenvalue weighted by molar-refractivity contribution is 0.0242. The van der Waals surface area contributed by atoms with Crippen molar-refractivity contribution in [3.63, 3.8) is 0 Å². The van der Waals surface area contributed by atoms with Gasteiger partial charge in [-0.1, -0.05) is 32.1 Å². The molecule has 3 heteroatoms. The van der Waals surface area contributed by atoms with Gasteiger partial charge in [0.1, 0.15) is 0 Å². The molecule has 0 radical (unpaired) electrons. The van der Waals surface area contributed by atoms with E-state index in [-0.39, 0.29) is 12.1 Å². The molecule has 0 aromatic rings. The van der Waals surface area contributed by atoms with Crippen molar-refractivity contribution in [1.29, 1.82) is 0 Å². The van der Waals surface area contributed by atoms with E-state index >= 15 is 0 Å². The van der Waals surface area contributed by atoms with E-state index in [4.69, 9.17) is 4.74 Å². The second kappa shape index (κ2) is 7.61. The number of rotatable bonds is 6. The third-order valence-electron chi connectivity index (χ3n) is 5.36. The van der Waals surface area contributed by atoms with Crippen molar-refractivity contribution < 1.29 is 9.84 Å². The van der Waals surface area contributed by atoms with Crippen molar-refractivity contribution in [2.45, 2.75) is 75.9 Å². The molecule has 2 N–H and O–H groups in total. The average molecular weight is 269 g/mol. The first-order chi connectivity index (χ1) is 9.30. The maximum Gasteiger partial charge on any atom is 0.0615 e. The zero-order valence-electron chi connectivity index (χ0n) is 12.5. The van der Waals surface area contributed by atoms with E-state index < -0.39 is 0 Å². The predicted octanol–water partition coefficient (Wildman–Crippen LogP) is 2.87. The summed E-state index contributed by atoms with van der Waals surface area (Å²) in [6.45, 7) is 1.14. The van der Waals surface area contributed by atoms with Crippen LogP contribution in [-0.2, 0) is 4.74 Å². The van der Waals surface area contributed by atoms with Crippen LogP contribution in [0.4, 0.5) is 0 Å². The molecule has 0 bridgehead atoms.